The van der Waals surface area contributed by atoms with Crippen molar-refractivity contribution in [2.24, 2.45) is 5.92 Å². The maximum absolute atomic E-state index is 10.8. The molecular weight excluding hydrogens is 407 g/mol. The van der Waals surface area contributed by atoms with E-state index in [0.29, 0.717) is 30.6 Å². The van der Waals surface area contributed by atoms with Crippen molar-refractivity contribution < 1.29 is 9.90 Å². The molecule has 3 rings (SSSR count). The molecule has 0 amide bonds. The summed E-state index contributed by atoms with van der Waals surface area (Å²) >= 11 is 0. The SMILES string of the molecule is CCC(=Cc1ccccc1)C1CC1NC1CCC(N(C)CCC(=O)O)CC1.Cl.Cl. The first-order chi connectivity index (χ1) is 13.1. The van der Waals surface area contributed by atoms with Crippen molar-refractivity contribution in [3.05, 3.63) is 41.5 Å². The fraction of sp³-hybridized carbons (Fsp3) is 0.609. The number of hydrogen-bond donors (Lipinski definition) is 2. The van der Waals surface area contributed by atoms with Crippen LogP contribution in [0.4, 0.5) is 0 Å². The molecule has 2 atom stereocenters. The molecule has 4 nitrogen and oxygen atoms in total. The van der Waals surface area contributed by atoms with Gasteiger partial charge in [0.2, 0.25) is 0 Å². The number of carboxylic acid groups (broad SMARTS) is 1. The zero-order chi connectivity index (χ0) is 19.2. The second-order valence-electron chi connectivity index (χ2n) is 8.23. The quantitative estimate of drug-likeness (QED) is 0.563. The topological polar surface area (TPSA) is 52.6 Å². The van der Waals surface area contributed by atoms with Crippen molar-refractivity contribution in [2.45, 2.75) is 70.0 Å². The molecule has 164 valence electrons. The van der Waals surface area contributed by atoms with Gasteiger partial charge in [-0.15, -0.1) is 24.8 Å². The van der Waals surface area contributed by atoms with Crippen LogP contribution >= 0.6 is 24.8 Å². The Hall–Kier alpha value is -1.07. The number of nitrogens with one attached hydrogen (secondary N) is 1. The van der Waals surface area contributed by atoms with Gasteiger partial charge in [0.05, 0.1) is 6.42 Å². The number of halogens is 2. The fourth-order valence-electron chi connectivity index (χ4n) is 4.46. The van der Waals surface area contributed by atoms with Crippen LogP contribution in [0.3, 0.4) is 0 Å². The fourth-order valence-corrected chi connectivity index (χ4v) is 4.46. The van der Waals surface area contributed by atoms with Crippen molar-refractivity contribution >= 4 is 36.9 Å². The molecule has 6 heteroatoms. The Morgan fingerprint density at radius 3 is 2.41 bits per heavy atom. The van der Waals surface area contributed by atoms with E-state index in [1.807, 2.05) is 0 Å². The first-order valence-corrected chi connectivity index (χ1v) is 10.5. The molecule has 0 radical (unpaired) electrons. The minimum Gasteiger partial charge on any atom is -0.481 e. The molecule has 0 aromatic heterocycles. The highest BCUT2D eigenvalue weighted by Gasteiger charge is 2.40. The molecule has 0 aliphatic heterocycles. The zero-order valence-electron chi connectivity index (χ0n) is 17.5. The summed E-state index contributed by atoms with van der Waals surface area (Å²) in [6.45, 7) is 2.93. The molecule has 1 aromatic carbocycles. The van der Waals surface area contributed by atoms with Gasteiger partial charge in [0.15, 0.2) is 0 Å². The smallest absolute Gasteiger partial charge is 0.304 e. The summed E-state index contributed by atoms with van der Waals surface area (Å²) in [6, 6.07) is 12.5. The van der Waals surface area contributed by atoms with Crippen LogP contribution in [0.15, 0.2) is 35.9 Å². The lowest BCUT2D eigenvalue weighted by Gasteiger charge is -2.35. The van der Waals surface area contributed by atoms with E-state index in [9.17, 15) is 4.79 Å². The molecule has 0 spiro atoms. The molecule has 0 heterocycles. The van der Waals surface area contributed by atoms with Crippen molar-refractivity contribution in [2.75, 3.05) is 13.6 Å². The number of aliphatic carboxylic acids is 1. The summed E-state index contributed by atoms with van der Waals surface area (Å²) in [6.07, 6.45) is 9.76. The first-order valence-electron chi connectivity index (χ1n) is 10.5. The Labute approximate surface area is 188 Å². The van der Waals surface area contributed by atoms with Crippen LogP contribution in [0.2, 0.25) is 0 Å². The summed E-state index contributed by atoms with van der Waals surface area (Å²) in [5.41, 5.74) is 2.88. The normalized spacial score (nSPS) is 26.4. The molecule has 2 aliphatic rings. The molecule has 2 N–H and O–H groups in total. The predicted molar refractivity (Wildman–Crippen MR) is 125 cm³/mol. The Kier molecular flexibility index (Phi) is 11.3. The van der Waals surface area contributed by atoms with Crippen LogP contribution in [0, 0.1) is 5.92 Å². The summed E-state index contributed by atoms with van der Waals surface area (Å²) in [4.78, 5) is 13.0. The molecule has 2 saturated carbocycles. The van der Waals surface area contributed by atoms with Crippen molar-refractivity contribution in [1.82, 2.24) is 10.2 Å². The van der Waals surface area contributed by atoms with Gasteiger partial charge in [0, 0.05) is 24.7 Å². The number of carboxylic acids is 1. The summed E-state index contributed by atoms with van der Waals surface area (Å²) < 4.78 is 0. The van der Waals surface area contributed by atoms with Gasteiger partial charge in [-0.3, -0.25) is 4.79 Å². The summed E-state index contributed by atoms with van der Waals surface area (Å²) in [7, 11) is 2.07. The highest BCUT2D eigenvalue weighted by atomic mass is 35.5. The first kappa shape index (κ1) is 26.0. The van der Waals surface area contributed by atoms with Gasteiger partial charge < -0.3 is 15.3 Å². The molecule has 29 heavy (non-hydrogen) atoms. The second kappa shape index (κ2) is 12.6. The van der Waals surface area contributed by atoms with Crippen molar-refractivity contribution in [3.8, 4) is 0 Å². The maximum Gasteiger partial charge on any atom is 0.304 e. The van der Waals surface area contributed by atoms with Crippen molar-refractivity contribution in [3.63, 3.8) is 0 Å². The lowest BCUT2D eigenvalue weighted by atomic mass is 9.90. The highest BCUT2D eigenvalue weighted by molar-refractivity contribution is 5.85. The van der Waals surface area contributed by atoms with E-state index in [-0.39, 0.29) is 31.2 Å². The van der Waals surface area contributed by atoms with E-state index in [2.05, 4.69) is 60.6 Å². The standard InChI is InChI=1S/C23H34N2O2.2ClH/c1-3-18(15-17-7-5-4-6-8-17)21-16-22(21)24-19-9-11-20(12-10-19)25(2)14-13-23(26)27;;/h4-8,15,19-22,24H,3,9-14,16H2,1-2H3,(H,26,27);2*1H. The molecule has 2 unspecified atom stereocenters. The van der Waals surface area contributed by atoms with E-state index in [1.54, 1.807) is 5.57 Å². The minimum atomic E-state index is -0.702. The van der Waals surface area contributed by atoms with Gasteiger partial charge in [0.1, 0.15) is 0 Å². The highest BCUT2D eigenvalue weighted by Crippen LogP contribution is 2.40. The van der Waals surface area contributed by atoms with Gasteiger partial charge in [-0.05, 0) is 57.1 Å². The van der Waals surface area contributed by atoms with Crippen LogP contribution in [-0.2, 0) is 4.79 Å². The lowest BCUT2D eigenvalue weighted by molar-refractivity contribution is -0.137. The third-order valence-electron chi connectivity index (χ3n) is 6.27. The summed E-state index contributed by atoms with van der Waals surface area (Å²) in [5.74, 6) is -0.00145. The monoisotopic (exact) mass is 442 g/mol. The van der Waals surface area contributed by atoms with Gasteiger partial charge in [0.25, 0.3) is 0 Å². The van der Waals surface area contributed by atoms with E-state index in [4.69, 9.17) is 5.11 Å². The predicted octanol–water partition coefficient (Wildman–Crippen LogP) is 5.02. The maximum atomic E-state index is 10.8. The van der Waals surface area contributed by atoms with Crippen LogP contribution in [0.25, 0.3) is 6.08 Å². The number of carbonyl (C=O) groups is 1. The number of nitrogens with zero attached hydrogens (tertiary/aromatic N) is 1. The number of hydrogen-bond acceptors (Lipinski definition) is 3. The zero-order valence-corrected chi connectivity index (χ0v) is 19.2. The lowest BCUT2D eigenvalue weighted by Crippen LogP contribution is -2.42. The van der Waals surface area contributed by atoms with Crippen LogP contribution in [0.1, 0.15) is 57.4 Å². The van der Waals surface area contributed by atoms with Crippen LogP contribution in [-0.4, -0.2) is 47.7 Å². The average molecular weight is 443 g/mol. The average Bonchev–Trinajstić information content (AvgIpc) is 3.44. The van der Waals surface area contributed by atoms with Gasteiger partial charge in [-0.2, -0.15) is 0 Å². The molecule has 1 aromatic rings. The number of rotatable bonds is 9. The third-order valence-corrected chi connectivity index (χ3v) is 6.27. The van der Waals surface area contributed by atoms with Gasteiger partial charge >= 0.3 is 5.97 Å². The van der Waals surface area contributed by atoms with E-state index < -0.39 is 5.97 Å². The van der Waals surface area contributed by atoms with Crippen LogP contribution in [0.5, 0.6) is 0 Å². The van der Waals surface area contributed by atoms with Gasteiger partial charge in [-0.1, -0.05) is 48.9 Å². The van der Waals surface area contributed by atoms with Crippen molar-refractivity contribution in [1.29, 1.82) is 0 Å². The number of benzene rings is 1. The van der Waals surface area contributed by atoms with E-state index in [1.165, 1.54) is 37.7 Å². The molecule has 0 bridgehead atoms. The molecular formula is C23H36Cl2N2O2. The Morgan fingerprint density at radius 2 is 1.83 bits per heavy atom. The van der Waals surface area contributed by atoms with E-state index >= 15 is 0 Å². The van der Waals surface area contributed by atoms with Crippen LogP contribution < -0.4 is 5.32 Å². The Bertz CT molecular complexity index is 646. The molecule has 2 fully saturated rings. The Balaban J connectivity index is 0.00000210. The Morgan fingerprint density at radius 1 is 1.17 bits per heavy atom. The van der Waals surface area contributed by atoms with Gasteiger partial charge in [-0.25, -0.2) is 0 Å². The van der Waals surface area contributed by atoms with E-state index in [0.717, 1.165) is 6.42 Å². The third kappa shape index (κ3) is 7.93. The second-order valence-corrected chi connectivity index (χ2v) is 8.23. The largest absolute Gasteiger partial charge is 0.481 e. The molecule has 0 saturated heterocycles. The minimum absolute atomic E-state index is 0. The molecule has 2 aliphatic carbocycles. The summed E-state index contributed by atoms with van der Waals surface area (Å²) in [5, 5.41) is 12.8.